The lowest BCUT2D eigenvalue weighted by molar-refractivity contribution is 0.471. The van der Waals surface area contributed by atoms with Crippen LogP contribution in [0.1, 0.15) is 0 Å². The van der Waals surface area contributed by atoms with Crippen molar-refractivity contribution in [1.29, 1.82) is 0 Å². The maximum Gasteiger partial charge on any atom is 0.295 e. The van der Waals surface area contributed by atoms with Crippen LogP contribution in [0.3, 0.4) is 0 Å². The van der Waals surface area contributed by atoms with Gasteiger partial charge in [-0.25, -0.2) is 0 Å². The molecule has 13 heteroatoms. The van der Waals surface area contributed by atoms with E-state index >= 15 is 0 Å². The first-order chi connectivity index (χ1) is 13.2. The van der Waals surface area contributed by atoms with Gasteiger partial charge in [-0.15, -0.1) is 0 Å². The first-order valence-corrected chi connectivity index (χ1v) is 11.9. The number of rotatable bonds is 3. The number of hydrogen-bond acceptors (Lipinski definition) is 7. The second-order valence-electron chi connectivity index (χ2n) is 6.26. The van der Waals surface area contributed by atoms with Crippen LogP contribution in [0.15, 0.2) is 51.1 Å². The first kappa shape index (κ1) is 19.8. The van der Waals surface area contributed by atoms with E-state index in [1.807, 2.05) is 0 Å². The van der Waals surface area contributed by atoms with E-state index in [0.717, 1.165) is 18.2 Å². The Morgan fingerprint density at radius 3 is 1.21 bits per heavy atom. The van der Waals surface area contributed by atoms with E-state index in [0.29, 0.717) is 6.07 Å². The summed E-state index contributed by atoms with van der Waals surface area (Å²) in [5.74, 6) is -0.579. The fraction of sp³-hybridized carbons (Fsp3) is 0. The summed E-state index contributed by atoms with van der Waals surface area (Å²) in [5, 5.41) is 9.54. The molecule has 0 heterocycles. The van der Waals surface area contributed by atoms with Crippen molar-refractivity contribution in [2.75, 3.05) is 0 Å². The Balaban J connectivity index is 2.47. The predicted octanol–water partition coefficient (Wildman–Crippen LogP) is 2.03. The third-order valence-electron chi connectivity index (χ3n) is 4.60. The molecule has 10 nitrogen and oxygen atoms in total. The molecule has 0 bridgehead atoms. The van der Waals surface area contributed by atoms with Crippen molar-refractivity contribution in [2.45, 2.75) is 14.7 Å². The summed E-state index contributed by atoms with van der Waals surface area (Å²) in [5.41, 5.74) is 0. The number of hydrogen-bond donors (Lipinski definition) is 4. The van der Waals surface area contributed by atoms with E-state index in [4.69, 9.17) is 0 Å². The first-order valence-electron chi connectivity index (χ1n) is 7.61. The lowest BCUT2D eigenvalue weighted by Gasteiger charge is -2.17. The third kappa shape index (κ3) is 2.90. The normalized spacial score (nSPS) is 13.6. The van der Waals surface area contributed by atoms with Gasteiger partial charge in [0.25, 0.3) is 30.4 Å². The lowest BCUT2D eigenvalue weighted by Crippen LogP contribution is -2.06. The minimum atomic E-state index is -4.96. The van der Waals surface area contributed by atoms with Gasteiger partial charge in [-0.1, -0.05) is 18.2 Å². The summed E-state index contributed by atoms with van der Waals surface area (Å²) < 4.78 is 99.5. The van der Waals surface area contributed by atoms with Crippen LogP contribution >= 0.6 is 0 Å². The summed E-state index contributed by atoms with van der Waals surface area (Å²) in [4.78, 5) is -2.38. The van der Waals surface area contributed by atoms with Gasteiger partial charge in [0.1, 0.15) is 20.4 Å². The minimum absolute atomic E-state index is 0.0271. The highest BCUT2D eigenvalue weighted by atomic mass is 32.2. The molecule has 0 aromatic heterocycles. The standard InChI is InChI=1S/C16H10O10S3/c17-11-5-12(27(18,19)20)8-3-4-10-14(29(24,25)26)6-13(28(21,22)23)9-2-1-7(11)15(8)16(9)10/h1-6,17H,(H,18,19,20)(H,21,22,23)(H,24,25,26). The van der Waals surface area contributed by atoms with Crippen molar-refractivity contribution in [3.63, 3.8) is 0 Å². The van der Waals surface area contributed by atoms with Gasteiger partial charge in [-0.2, -0.15) is 25.3 Å². The molecule has 0 amide bonds. The van der Waals surface area contributed by atoms with E-state index < -0.39 is 50.8 Å². The highest BCUT2D eigenvalue weighted by Crippen LogP contribution is 2.44. The van der Waals surface area contributed by atoms with Gasteiger partial charge < -0.3 is 5.11 Å². The van der Waals surface area contributed by atoms with Crippen LogP contribution in [-0.2, 0) is 30.4 Å². The maximum atomic E-state index is 11.8. The molecule has 0 fully saturated rings. The summed E-state index contributed by atoms with van der Waals surface area (Å²) >= 11 is 0. The molecule has 0 saturated carbocycles. The fourth-order valence-electron chi connectivity index (χ4n) is 3.52. The molecule has 4 aromatic carbocycles. The Bertz CT molecular complexity index is 1620. The highest BCUT2D eigenvalue weighted by molar-refractivity contribution is 7.87. The topological polar surface area (TPSA) is 183 Å². The zero-order valence-corrected chi connectivity index (χ0v) is 16.4. The summed E-state index contributed by atoms with van der Waals surface area (Å²) in [6, 6.07) is 6.07. The van der Waals surface area contributed by atoms with Crippen molar-refractivity contribution < 1.29 is 44.0 Å². The van der Waals surface area contributed by atoms with Gasteiger partial charge in [0.2, 0.25) is 0 Å². The molecule has 152 valence electrons. The zero-order chi connectivity index (χ0) is 21.5. The lowest BCUT2D eigenvalue weighted by atomic mass is 9.94. The Labute approximate surface area is 163 Å². The molecular formula is C16H10O10S3. The smallest absolute Gasteiger partial charge is 0.295 e. The molecule has 0 aliphatic rings. The van der Waals surface area contributed by atoms with Crippen LogP contribution in [0, 0.1) is 0 Å². The van der Waals surface area contributed by atoms with Gasteiger partial charge in [-0.3, -0.25) is 13.7 Å². The largest absolute Gasteiger partial charge is 0.507 e. The van der Waals surface area contributed by atoms with Crippen LogP contribution in [0.5, 0.6) is 5.75 Å². The van der Waals surface area contributed by atoms with Crippen molar-refractivity contribution in [2.24, 2.45) is 0 Å². The predicted molar refractivity (Wildman–Crippen MR) is 101 cm³/mol. The molecule has 4 rings (SSSR count). The highest BCUT2D eigenvalue weighted by Gasteiger charge is 2.27. The Morgan fingerprint density at radius 2 is 0.828 bits per heavy atom. The summed E-state index contributed by atoms with van der Waals surface area (Å²) in [7, 11) is -14.8. The third-order valence-corrected chi connectivity index (χ3v) is 7.28. The molecule has 29 heavy (non-hydrogen) atoms. The van der Waals surface area contributed by atoms with Gasteiger partial charge in [0, 0.05) is 38.4 Å². The van der Waals surface area contributed by atoms with Crippen molar-refractivity contribution >= 4 is 62.7 Å². The average Bonchev–Trinajstić information content (AvgIpc) is 2.57. The molecule has 0 spiro atoms. The van der Waals surface area contributed by atoms with E-state index in [-0.39, 0.29) is 32.3 Å². The maximum absolute atomic E-state index is 11.8. The zero-order valence-electron chi connectivity index (χ0n) is 13.9. The second-order valence-corrected chi connectivity index (χ2v) is 10.4. The van der Waals surface area contributed by atoms with Crippen molar-refractivity contribution in [3.05, 3.63) is 36.4 Å². The van der Waals surface area contributed by atoms with Gasteiger partial charge >= 0.3 is 0 Å². The van der Waals surface area contributed by atoms with Crippen LogP contribution in [0.2, 0.25) is 0 Å². The number of phenols is 1. The molecule has 0 radical (unpaired) electrons. The van der Waals surface area contributed by atoms with Crippen LogP contribution < -0.4 is 0 Å². The minimum Gasteiger partial charge on any atom is -0.507 e. The molecule has 0 unspecified atom stereocenters. The monoisotopic (exact) mass is 458 g/mol. The molecular weight excluding hydrogens is 448 g/mol. The van der Waals surface area contributed by atoms with Crippen LogP contribution in [-0.4, -0.2) is 44.0 Å². The van der Waals surface area contributed by atoms with Crippen molar-refractivity contribution in [1.82, 2.24) is 0 Å². The molecule has 0 aliphatic carbocycles. The molecule has 4 N–H and O–H groups in total. The molecule has 4 aromatic rings. The number of phenolic OH excluding ortho intramolecular Hbond substituents is 1. The van der Waals surface area contributed by atoms with Gasteiger partial charge in [0.15, 0.2) is 0 Å². The second kappa shape index (κ2) is 5.75. The Hall–Kier alpha value is -2.55. The van der Waals surface area contributed by atoms with Crippen LogP contribution in [0.4, 0.5) is 0 Å². The van der Waals surface area contributed by atoms with Crippen molar-refractivity contribution in [3.8, 4) is 5.75 Å². The fourth-order valence-corrected chi connectivity index (χ4v) is 5.73. The Morgan fingerprint density at radius 1 is 0.517 bits per heavy atom. The number of aromatic hydroxyl groups is 1. The molecule has 0 atom stereocenters. The number of benzene rings is 4. The Kier molecular flexibility index (Phi) is 3.91. The van der Waals surface area contributed by atoms with E-state index in [2.05, 4.69) is 0 Å². The molecule has 0 saturated heterocycles. The summed E-state index contributed by atoms with van der Waals surface area (Å²) in [6.07, 6.45) is 0. The van der Waals surface area contributed by atoms with E-state index in [1.54, 1.807) is 0 Å². The van der Waals surface area contributed by atoms with Gasteiger partial charge in [-0.05, 0) is 12.1 Å². The van der Waals surface area contributed by atoms with E-state index in [9.17, 15) is 44.0 Å². The summed E-state index contributed by atoms with van der Waals surface area (Å²) in [6.45, 7) is 0. The van der Waals surface area contributed by atoms with Crippen LogP contribution in [0.25, 0.3) is 32.3 Å². The quantitative estimate of drug-likeness (QED) is 0.262. The SMILES string of the molecule is O=S(=O)(O)c1cc(O)c2ccc3c(S(=O)(=O)O)cc(S(=O)(=O)O)c4ccc1c2c34. The average molecular weight is 458 g/mol. The van der Waals surface area contributed by atoms with E-state index in [1.165, 1.54) is 12.1 Å². The molecule has 0 aliphatic heterocycles. The van der Waals surface area contributed by atoms with Gasteiger partial charge in [0.05, 0.1) is 0 Å².